The van der Waals surface area contributed by atoms with Crippen LogP contribution in [0.3, 0.4) is 0 Å². The number of amides is 1. The van der Waals surface area contributed by atoms with Crippen molar-refractivity contribution >= 4 is 28.8 Å². The fourth-order valence-corrected chi connectivity index (χ4v) is 5.43. The lowest BCUT2D eigenvalue weighted by molar-refractivity contribution is -0.157. The molecule has 0 saturated carbocycles. The number of carbonyl (C=O) groups excluding carboxylic acids is 1. The number of rotatable bonds is 7. The number of thiophene rings is 1. The van der Waals surface area contributed by atoms with Crippen molar-refractivity contribution in [2.45, 2.75) is 44.8 Å². The summed E-state index contributed by atoms with van der Waals surface area (Å²) in [7, 11) is 0. The fraction of sp³-hybridized carbons (Fsp3) is 0.542. The molecular formula is C24H31ClN2O3S. The Kier molecular flexibility index (Phi) is 7.54. The summed E-state index contributed by atoms with van der Waals surface area (Å²) in [6.45, 7) is 7.19. The summed E-state index contributed by atoms with van der Waals surface area (Å²) in [5.74, 6) is 0.914. The minimum atomic E-state index is -0.654. The van der Waals surface area contributed by atoms with E-state index in [4.69, 9.17) is 21.1 Å². The number of aryl methyl sites for hydroxylation is 1. The van der Waals surface area contributed by atoms with E-state index in [1.807, 2.05) is 40.5 Å². The minimum absolute atomic E-state index is 0.174. The molecule has 168 valence electrons. The van der Waals surface area contributed by atoms with E-state index in [0.717, 1.165) is 44.8 Å². The van der Waals surface area contributed by atoms with E-state index in [1.54, 1.807) is 0 Å². The van der Waals surface area contributed by atoms with Crippen molar-refractivity contribution in [3.8, 4) is 5.75 Å². The van der Waals surface area contributed by atoms with Crippen LogP contribution >= 0.6 is 22.9 Å². The van der Waals surface area contributed by atoms with Crippen molar-refractivity contribution in [3.05, 3.63) is 51.2 Å². The van der Waals surface area contributed by atoms with Gasteiger partial charge < -0.3 is 14.4 Å². The summed E-state index contributed by atoms with van der Waals surface area (Å²) < 4.78 is 12.4. The van der Waals surface area contributed by atoms with Crippen LogP contribution in [0.5, 0.6) is 5.75 Å². The molecule has 1 aromatic heterocycles. The smallest absolute Gasteiger partial charge is 0.225 e. The number of morpholine rings is 1. The molecule has 2 aliphatic rings. The molecule has 2 aliphatic heterocycles. The zero-order chi connectivity index (χ0) is 21.7. The molecule has 0 radical (unpaired) electrons. The number of hydrogen-bond acceptors (Lipinski definition) is 5. The first kappa shape index (κ1) is 22.6. The quantitative estimate of drug-likeness (QED) is 0.594. The molecule has 2 fully saturated rings. The van der Waals surface area contributed by atoms with Gasteiger partial charge in [-0.2, -0.15) is 0 Å². The Morgan fingerprint density at radius 2 is 1.90 bits per heavy atom. The molecule has 3 heterocycles. The largest absolute Gasteiger partial charge is 0.491 e. The number of hydrogen-bond donors (Lipinski definition) is 0. The van der Waals surface area contributed by atoms with Gasteiger partial charge in [0, 0.05) is 47.5 Å². The van der Waals surface area contributed by atoms with Gasteiger partial charge in [0.2, 0.25) is 5.91 Å². The number of nitrogens with zero attached hydrogens (tertiary/aromatic N) is 2. The summed E-state index contributed by atoms with van der Waals surface area (Å²) >= 11 is 7.83. The third-order valence-electron chi connectivity index (χ3n) is 6.00. The van der Waals surface area contributed by atoms with Gasteiger partial charge in [0.1, 0.15) is 18.0 Å². The Labute approximate surface area is 193 Å². The van der Waals surface area contributed by atoms with Crippen LogP contribution in [0.1, 0.15) is 35.4 Å². The van der Waals surface area contributed by atoms with Gasteiger partial charge >= 0.3 is 0 Å². The first-order chi connectivity index (χ1) is 15.0. The van der Waals surface area contributed by atoms with E-state index in [-0.39, 0.29) is 5.91 Å². The molecule has 2 aromatic rings. The summed E-state index contributed by atoms with van der Waals surface area (Å²) in [6, 6.07) is 11.7. The van der Waals surface area contributed by atoms with Gasteiger partial charge in [0.15, 0.2) is 0 Å². The number of halogens is 1. The van der Waals surface area contributed by atoms with Gasteiger partial charge in [-0.05, 0) is 62.6 Å². The number of benzene rings is 1. The van der Waals surface area contributed by atoms with Crippen LogP contribution in [0, 0.1) is 6.92 Å². The molecule has 0 N–H and O–H groups in total. The molecule has 4 rings (SSSR count). The lowest BCUT2D eigenvalue weighted by Gasteiger charge is -2.43. The van der Waals surface area contributed by atoms with Gasteiger partial charge in [-0.25, -0.2) is 0 Å². The Morgan fingerprint density at radius 3 is 2.61 bits per heavy atom. The van der Waals surface area contributed by atoms with E-state index in [1.165, 1.54) is 16.2 Å². The summed E-state index contributed by atoms with van der Waals surface area (Å²) in [5, 5.41) is 0.675. The van der Waals surface area contributed by atoms with Crippen LogP contribution in [-0.4, -0.2) is 60.7 Å². The Bertz CT molecular complexity index is 866. The molecule has 7 heteroatoms. The predicted molar refractivity (Wildman–Crippen MR) is 125 cm³/mol. The maximum absolute atomic E-state index is 13.2. The Balaban J connectivity index is 1.47. The van der Waals surface area contributed by atoms with Crippen molar-refractivity contribution in [2.24, 2.45) is 0 Å². The number of ether oxygens (including phenoxy) is 2. The van der Waals surface area contributed by atoms with Crippen molar-refractivity contribution in [2.75, 3.05) is 39.4 Å². The third-order valence-corrected chi connectivity index (χ3v) is 7.24. The first-order valence-electron chi connectivity index (χ1n) is 11.1. The van der Waals surface area contributed by atoms with Crippen LogP contribution in [0.4, 0.5) is 0 Å². The van der Waals surface area contributed by atoms with Crippen LogP contribution in [0.2, 0.25) is 5.02 Å². The molecular weight excluding hydrogens is 432 g/mol. The van der Waals surface area contributed by atoms with E-state index in [0.29, 0.717) is 31.2 Å². The van der Waals surface area contributed by atoms with Gasteiger partial charge in [-0.15, -0.1) is 11.3 Å². The molecule has 0 bridgehead atoms. The second kappa shape index (κ2) is 10.3. The second-order valence-corrected chi connectivity index (χ2v) is 10.4. The van der Waals surface area contributed by atoms with Gasteiger partial charge in [0.05, 0.1) is 13.0 Å². The summed E-state index contributed by atoms with van der Waals surface area (Å²) in [5.41, 5.74) is -0.654. The molecule has 0 aliphatic carbocycles. The topological polar surface area (TPSA) is 42.0 Å². The maximum Gasteiger partial charge on any atom is 0.225 e. The zero-order valence-electron chi connectivity index (χ0n) is 18.1. The normalized spacial score (nSPS) is 22.5. The van der Waals surface area contributed by atoms with Gasteiger partial charge in [0.25, 0.3) is 0 Å². The fourth-order valence-electron chi connectivity index (χ4n) is 4.37. The predicted octanol–water partition coefficient (Wildman–Crippen LogP) is 4.76. The van der Waals surface area contributed by atoms with E-state index < -0.39 is 5.60 Å². The summed E-state index contributed by atoms with van der Waals surface area (Å²) in [4.78, 5) is 20.2. The van der Waals surface area contributed by atoms with Crippen molar-refractivity contribution in [1.82, 2.24) is 9.80 Å². The molecule has 1 amide bonds. The maximum atomic E-state index is 13.2. The Morgan fingerprint density at radius 1 is 1.13 bits per heavy atom. The highest BCUT2D eigenvalue weighted by Crippen LogP contribution is 2.28. The standard InChI is InChI=1S/C24H31ClN2O3S/c1-19-5-10-22(31-19)16-26-13-14-30-24(17-26,15-23(28)27-11-3-2-4-12-27)18-29-21-8-6-20(25)7-9-21/h5-10H,2-4,11-18H2,1H3/t24-/m0/s1. The molecule has 5 nitrogen and oxygen atoms in total. The molecule has 0 spiro atoms. The Hall–Kier alpha value is -1.60. The van der Waals surface area contributed by atoms with E-state index >= 15 is 0 Å². The van der Waals surface area contributed by atoms with Crippen molar-refractivity contribution in [1.29, 1.82) is 0 Å². The third kappa shape index (κ3) is 6.22. The highest BCUT2D eigenvalue weighted by Gasteiger charge is 2.41. The van der Waals surface area contributed by atoms with Crippen LogP contribution < -0.4 is 4.74 Å². The average Bonchev–Trinajstić information content (AvgIpc) is 3.18. The zero-order valence-corrected chi connectivity index (χ0v) is 19.7. The SMILES string of the molecule is Cc1ccc(CN2CCO[C@@](COc3ccc(Cl)cc3)(CC(=O)N3CCCCC3)C2)s1. The highest BCUT2D eigenvalue weighted by molar-refractivity contribution is 7.11. The highest BCUT2D eigenvalue weighted by atomic mass is 35.5. The van der Waals surface area contributed by atoms with Crippen molar-refractivity contribution < 1.29 is 14.3 Å². The minimum Gasteiger partial charge on any atom is -0.491 e. The molecule has 2 saturated heterocycles. The molecule has 0 unspecified atom stereocenters. The number of likely N-dealkylation sites (tertiary alicyclic amines) is 1. The van der Waals surface area contributed by atoms with E-state index in [9.17, 15) is 4.79 Å². The van der Waals surface area contributed by atoms with Crippen LogP contribution in [0.25, 0.3) is 0 Å². The molecule has 1 aromatic carbocycles. The monoisotopic (exact) mass is 462 g/mol. The second-order valence-electron chi connectivity index (χ2n) is 8.62. The first-order valence-corrected chi connectivity index (χ1v) is 12.3. The number of piperidine rings is 1. The average molecular weight is 463 g/mol. The van der Waals surface area contributed by atoms with Crippen molar-refractivity contribution in [3.63, 3.8) is 0 Å². The van der Waals surface area contributed by atoms with Crippen LogP contribution in [0.15, 0.2) is 36.4 Å². The molecule has 1 atom stereocenters. The lowest BCUT2D eigenvalue weighted by Crippen LogP contribution is -2.57. The molecule has 31 heavy (non-hydrogen) atoms. The van der Waals surface area contributed by atoms with Gasteiger partial charge in [-0.1, -0.05) is 11.6 Å². The lowest BCUT2D eigenvalue weighted by atomic mass is 9.96. The van der Waals surface area contributed by atoms with Gasteiger partial charge in [-0.3, -0.25) is 9.69 Å². The van der Waals surface area contributed by atoms with E-state index in [2.05, 4.69) is 24.0 Å². The summed E-state index contributed by atoms with van der Waals surface area (Å²) in [6.07, 6.45) is 3.73. The number of carbonyl (C=O) groups is 1. The van der Waals surface area contributed by atoms with Crippen LogP contribution in [-0.2, 0) is 16.1 Å².